The van der Waals surface area contributed by atoms with Crippen molar-refractivity contribution in [2.24, 2.45) is 5.92 Å². The third kappa shape index (κ3) is 7.38. The van der Waals surface area contributed by atoms with Gasteiger partial charge in [0, 0.05) is 12.1 Å². The molecule has 0 aliphatic heterocycles. The van der Waals surface area contributed by atoms with Crippen LogP contribution in [0.15, 0.2) is 0 Å². The summed E-state index contributed by atoms with van der Waals surface area (Å²) in [5, 5.41) is 8.69. The van der Waals surface area contributed by atoms with Gasteiger partial charge in [-0.2, -0.15) is 5.26 Å². The van der Waals surface area contributed by atoms with Gasteiger partial charge in [0.2, 0.25) is 0 Å². The molecule has 1 aliphatic carbocycles. The Labute approximate surface area is 138 Å². The van der Waals surface area contributed by atoms with E-state index < -0.39 is 8.53 Å². The highest BCUT2D eigenvalue weighted by atomic mass is 31.2. The van der Waals surface area contributed by atoms with Gasteiger partial charge in [-0.3, -0.25) is 0 Å². The summed E-state index contributed by atoms with van der Waals surface area (Å²) in [6, 6.07) is 2.89. The molecule has 1 aliphatic rings. The summed E-state index contributed by atoms with van der Waals surface area (Å²) in [6.07, 6.45) is 8.44. The third-order valence-electron chi connectivity index (χ3n) is 4.10. The lowest BCUT2D eigenvalue weighted by Gasteiger charge is -2.35. The zero-order chi connectivity index (χ0) is 16.4. The molecular weight excluding hydrogens is 295 g/mol. The molecule has 0 spiro atoms. The van der Waals surface area contributed by atoms with E-state index in [1.54, 1.807) is 0 Å². The summed E-state index contributed by atoms with van der Waals surface area (Å²) in [4.78, 5) is 0. The summed E-state index contributed by atoms with van der Waals surface area (Å²) in [5.74, 6) is 0.917. The Morgan fingerprint density at radius 3 is 2.23 bits per heavy atom. The molecule has 1 fully saturated rings. The molecule has 0 radical (unpaired) electrons. The van der Waals surface area contributed by atoms with Crippen molar-refractivity contribution in [2.45, 2.75) is 84.7 Å². The highest BCUT2D eigenvalue weighted by Gasteiger charge is 2.27. The van der Waals surface area contributed by atoms with E-state index >= 15 is 0 Å². The molecule has 0 bridgehead atoms. The minimum absolute atomic E-state index is 0.378. The fourth-order valence-corrected chi connectivity index (χ4v) is 4.76. The summed E-state index contributed by atoms with van der Waals surface area (Å²) in [6.45, 7) is 9.91. The Balaban J connectivity index is 2.40. The highest BCUT2D eigenvalue weighted by molar-refractivity contribution is 7.44. The molecule has 0 aromatic carbocycles. The van der Waals surface area contributed by atoms with E-state index in [1.807, 2.05) is 0 Å². The second-order valence-electron chi connectivity index (χ2n) is 6.67. The van der Waals surface area contributed by atoms with Crippen LogP contribution in [0.2, 0.25) is 0 Å². The quantitative estimate of drug-likeness (QED) is 0.384. The molecule has 0 heterocycles. The van der Waals surface area contributed by atoms with Crippen LogP contribution in [-0.4, -0.2) is 30.0 Å². The lowest BCUT2D eigenvalue weighted by Crippen LogP contribution is -2.33. The fraction of sp³-hybridized carbons (Fsp3) is 0.941. The van der Waals surface area contributed by atoms with Gasteiger partial charge in [0.1, 0.15) is 0 Å². The zero-order valence-electron chi connectivity index (χ0n) is 14.8. The molecule has 5 heteroatoms. The molecule has 1 atom stereocenters. The monoisotopic (exact) mass is 328 g/mol. The van der Waals surface area contributed by atoms with Gasteiger partial charge in [-0.15, -0.1) is 0 Å². The van der Waals surface area contributed by atoms with Crippen molar-refractivity contribution in [3.63, 3.8) is 0 Å². The third-order valence-corrected chi connectivity index (χ3v) is 6.20. The van der Waals surface area contributed by atoms with E-state index in [4.69, 9.17) is 14.3 Å². The van der Waals surface area contributed by atoms with Gasteiger partial charge in [0.15, 0.2) is 0 Å². The van der Waals surface area contributed by atoms with Gasteiger partial charge in [0.25, 0.3) is 8.53 Å². The first-order valence-electron chi connectivity index (χ1n) is 8.77. The van der Waals surface area contributed by atoms with Crippen LogP contribution in [0.5, 0.6) is 0 Å². The highest BCUT2D eigenvalue weighted by Crippen LogP contribution is 2.46. The average Bonchev–Trinajstić information content (AvgIpc) is 2.95. The van der Waals surface area contributed by atoms with E-state index in [1.165, 1.54) is 32.1 Å². The lowest BCUT2D eigenvalue weighted by atomic mass is 10.0. The first-order chi connectivity index (χ1) is 10.6. The van der Waals surface area contributed by atoms with Gasteiger partial charge in [0.05, 0.1) is 25.7 Å². The summed E-state index contributed by atoms with van der Waals surface area (Å²) < 4.78 is 14.3. The smallest absolute Gasteiger partial charge is 0.259 e. The number of hydrogen-bond donors (Lipinski definition) is 0. The number of nitrogens with zero attached hydrogens (tertiary/aromatic N) is 2. The van der Waals surface area contributed by atoms with Crippen molar-refractivity contribution in [2.75, 3.05) is 13.2 Å². The minimum Gasteiger partial charge on any atom is -0.322 e. The maximum Gasteiger partial charge on any atom is 0.259 e. The first kappa shape index (κ1) is 19.8. The molecule has 4 nitrogen and oxygen atoms in total. The number of rotatable bonds is 11. The van der Waals surface area contributed by atoms with E-state index in [0.717, 1.165) is 18.9 Å². The molecule has 1 rings (SSSR count). The van der Waals surface area contributed by atoms with Crippen LogP contribution in [0.3, 0.4) is 0 Å². The minimum atomic E-state index is -1.06. The van der Waals surface area contributed by atoms with Crippen LogP contribution in [0.1, 0.15) is 72.6 Å². The van der Waals surface area contributed by atoms with E-state index in [-0.39, 0.29) is 0 Å². The molecule has 22 heavy (non-hydrogen) atoms. The molecule has 0 aromatic heterocycles. The zero-order valence-corrected chi connectivity index (χ0v) is 15.6. The molecule has 0 N–H and O–H groups in total. The van der Waals surface area contributed by atoms with Crippen LogP contribution in [-0.2, 0) is 9.05 Å². The maximum atomic E-state index is 8.69. The van der Waals surface area contributed by atoms with Gasteiger partial charge in [-0.25, -0.2) is 4.67 Å². The summed E-state index contributed by atoms with van der Waals surface area (Å²) in [5.41, 5.74) is 0. The molecule has 1 unspecified atom stereocenters. The van der Waals surface area contributed by atoms with Gasteiger partial charge >= 0.3 is 0 Å². The molecule has 0 aromatic rings. The van der Waals surface area contributed by atoms with Crippen LogP contribution >= 0.6 is 8.53 Å². The van der Waals surface area contributed by atoms with Crippen molar-refractivity contribution in [3.05, 3.63) is 0 Å². The van der Waals surface area contributed by atoms with Crippen LogP contribution in [0.25, 0.3) is 0 Å². The maximum absolute atomic E-state index is 8.69. The fourth-order valence-electron chi connectivity index (χ4n) is 3.13. The number of nitriles is 1. The second kappa shape index (κ2) is 11.4. The first-order valence-corrected chi connectivity index (χ1v) is 9.90. The van der Waals surface area contributed by atoms with E-state index in [9.17, 15) is 0 Å². The van der Waals surface area contributed by atoms with Crippen molar-refractivity contribution in [3.8, 4) is 6.07 Å². The Kier molecular flexibility index (Phi) is 10.2. The van der Waals surface area contributed by atoms with Crippen molar-refractivity contribution in [1.29, 1.82) is 5.26 Å². The van der Waals surface area contributed by atoms with E-state index in [2.05, 4.69) is 38.4 Å². The second-order valence-corrected chi connectivity index (χ2v) is 8.13. The van der Waals surface area contributed by atoms with Gasteiger partial charge in [-0.05, 0) is 46.5 Å². The largest absolute Gasteiger partial charge is 0.322 e. The SMILES string of the molecule is CC(C)N(C(C)C)P(OCCC#N)OCCCC1CCCC1. The topological polar surface area (TPSA) is 45.5 Å². The van der Waals surface area contributed by atoms with Crippen LogP contribution in [0.4, 0.5) is 0 Å². The molecule has 0 amide bonds. The summed E-state index contributed by atoms with van der Waals surface area (Å²) >= 11 is 0. The Morgan fingerprint density at radius 1 is 1.09 bits per heavy atom. The van der Waals surface area contributed by atoms with Crippen molar-refractivity contribution >= 4 is 8.53 Å². The Hall–Kier alpha value is -0.200. The predicted octanol–water partition coefficient (Wildman–Crippen LogP) is 5.25. The van der Waals surface area contributed by atoms with Gasteiger partial charge < -0.3 is 9.05 Å². The molecule has 0 saturated heterocycles. The lowest BCUT2D eigenvalue weighted by molar-refractivity contribution is 0.172. The van der Waals surface area contributed by atoms with Crippen molar-refractivity contribution in [1.82, 2.24) is 4.67 Å². The summed E-state index contributed by atoms with van der Waals surface area (Å²) in [7, 11) is -1.06. The standard InChI is InChI=1S/C17H33N2O2P/c1-15(2)19(16(3)4)22(21-14-8-12-18)20-13-7-11-17-9-5-6-10-17/h15-17H,5-11,13-14H2,1-4H3. The Morgan fingerprint density at radius 2 is 1.68 bits per heavy atom. The molecule has 128 valence electrons. The Bertz CT molecular complexity index is 317. The van der Waals surface area contributed by atoms with Crippen LogP contribution < -0.4 is 0 Å². The molecule has 1 saturated carbocycles. The predicted molar refractivity (Wildman–Crippen MR) is 92.4 cm³/mol. The van der Waals surface area contributed by atoms with Crippen LogP contribution in [0, 0.1) is 17.2 Å². The van der Waals surface area contributed by atoms with E-state index in [0.29, 0.717) is 25.1 Å². The van der Waals surface area contributed by atoms with Gasteiger partial charge in [-0.1, -0.05) is 25.7 Å². The van der Waals surface area contributed by atoms with Crippen molar-refractivity contribution < 1.29 is 9.05 Å². The average molecular weight is 328 g/mol. The molecular formula is C17H33N2O2P. The number of hydrogen-bond acceptors (Lipinski definition) is 4. The normalized spacial score (nSPS) is 17.5.